The van der Waals surface area contributed by atoms with Crippen LogP contribution in [0.25, 0.3) is 0 Å². The zero-order valence-electron chi connectivity index (χ0n) is 9.33. The summed E-state index contributed by atoms with van der Waals surface area (Å²) in [6, 6.07) is 4.45. The quantitative estimate of drug-likeness (QED) is 0.732. The van der Waals surface area contributed by atoms with Gasteiger partial charge < -0.3 is 0 Å². The molecular formula is C13H15FOS. The summed E-state index contributed by atoms with van der Waals surface area (Å²) in [6.45, 7) is 1.86. The molecule has 0 amide bonds. The second kappa shape index (κ2) is 5.00. The van der Waals surface area contributed by atoms with Crippen molar-refractivity contribution in [3.63, 3.8) is 0 Å². The molecule has 1 fully saturated rings. The highest BCUT2D eigenvalue weighted by molar-refractivity contribution is 8.00. The molecule has 0 N–H and O–H groups in total. The standard InChI is InChI=1S/C13H15FOS/c1-9-5-6-10(14)8-11(9)13(15)12-4-2-3-7-16-12/h5-6,8,12H,2-4,7H2,1H3. The van der Waals surface area contributed by atoms with Gasteiger partial charge in [-0.2, -0.15) is 11.8 Å². The fourth-order valence-corrected chi connectivity index (χ4v) is 3.25. The lowest BCUT2D eigenvalue weighted by atomic mass is 9.99. The molecular weight excluding hydrogens is 223 g/mol. The Bertz CT molecular complexity index is 397. The Balaban J connectivity index is 2.22. The van der Waals surface area contributed by atoms with Crippen molar-refractivity contribution < 1.29 is 9.18 Å². The zero-order chi connectivity index (χ0) is 11.5. The van der Waals surface area contributed by atoms with Gasteiger partial charge in [-0.1, -0.05) is 12.5 Å². The fraction of sp³-hybridized carbons (Fsp3) is 0.462. The molecule has 0 aliphatic carbocycles. The average Bonchev–Trinajstić information content (AvgIpc) is 2.32. The summed E-state index contributed by atoms with van der Waals surface area (Å²) < 4.78 is 13.1. The van der Waals surface area contributed by atoms with Crippen molar-refractivity contribution in [1.29, 1.82) is 0 Å². The van der Waals surface area contributed by atoms with E-state index in [1.54, 1.807) is 17.8 Å². The van der Waals surface area contributed by atoms with Crippen LogP contribution in [0.2, 0.25) is 0 Å². The smallest absolute Gasteiger partial charge is 0.176 e. The normalized spacial score (nSPS) is 20.8. The average molecular weight is 238 g/mol. The Hall–Kier alpha value is -0.830. The minimum atomic E-state index is -0.324. The van der Waals surface area contributed by atoms with Gasteiger partial charge in [-0.25, -0.2) is 4.39 Å². The Morgan fingerprint density at radius 2 is 2.25 bits per heavy atom. The molecule has 2 rings (SSSR count). The predicted molar refractivity (Wildman–Crippen MR) is 65.6 cm³/mol. The highest BCUT2D eigenvalue weighted by atomic mass is 32.2. The van der Waals surface area contributed by atoms with Crippen LogP contribution < -0.4 is 0 Å². The topological polar surface area (TPSA) is 17.1 Å². The molecule has 16 heavy (non-hydrogen) atoms. The van der Waals surface area contributed by atoms with Crippen molar-refractivity contribution in [1.82, 2.24) is 0 Å². The Morgan fingerprint density at radius 3 is 2.94 bits per heavy atom. The second-order valence-corrected chi connectivity index (χ2v) is 5.49. The lowest BCUT2D eigenvalue weighted by Gasteiger charge is -2.20. The van der Waals surface area contributed by atoms with Crippen LogP contribution in [0.1, 0.15) is 35.2 Å². The molecule has 0 spiro atoms. The van der Waals surface area contributed by atoms with Crippen LogP contribution in [0.15, 0.2) is 18.2 Å². The van der Waals surface area contributed by atoms with Gasteiger partial charge in [-0.15, -0.1) is 0 Å². The number of benzene rings is 1. The summed E-state index contributed by atoms with van der Waals surface area (Å²) in [7, 11) is 0. The van der Waals surface area contributed by atoms with Gasteiger partial charge in [0.1, 0.15) is 5.82 Å². The Kier molecular flexibility index (Phi) is 3.64. The summed E-state index contributed by atoms with van der Waals surface area (Å²) in [4.78, 5) is 12.2. The summed E-state index contributed by atoms with van der Waals surface area (Å²) in [5, 5.41) is 0.0363. The summed E-state index contributed by atoms with van der Waals surface area (Å²) in [6.07, 6.45) is 3.23. The predicted octanol–water partition coefficient (Wildman–Crippen LogP) is 3.60. The van der Waals surface area contributed by atoms with Crippen molar-refractivity contribution in [3.8, 4) is 0 Å². The molecule has 3 heteroatoms. The van der Waals surface area contributed by atoms with Gasteiger partial charge in [0.2, 0.25) is 0 Å². The van der Waals surface area contributed by atoms with E-state index in [4.69, 9.17) is 0 Å². The van der Waals surface area contributed by atoms with Crippen molar-refractivity contribution in [3.05, 3.63) is 35.1 Å². The number of hydrogen-bond acceptors (Lipinski definition) is 2. The molecule has 0 radical (unpaired) electrons. The number of rotatable bonds is 2. The minimum Gasteiger partial charge on any atom is -0.293 e. The minimum absolute atomic E-state index is 0.0363. The van der Waals surface area contributed by atoms with Gasteiger partial charge in [-0.3, -0.25) is 4.79 Å². The number of carbonyl (C=O) groups is 1. The molecule has 86 valence electrons. The summed E-state index contributed by atoms with van der Waals surface area (Å²) >= 11 is 1.71. The van der Waals surface area contributed by atoms with Crippen LogP contribution in [0, 0.1) is 12.7 Å². The molecule has 1 atom stereocenters. The molecule has 0 bridgehead atoms. The fourth-order valence-electron chi connectivity index (χ4n) is 1.98. The van der Waals surface area contributed by atoms with E-state index in [1.165, 1.54) is 18.6 Å². The first-order valence-electron chi connectivity index (χ1n) is 5.60. The van der Waals surface area contributed by atoms with Gasteiger partial charge in [0.15, 0.2) is 5.78 Å². The SMILES string of the molecule is Cc1ccc(F)cc1C(=O)C1CCCCS1. The highest BCUT2D eigenvalue weighted by Gasteiger charge is 2.24. The Labute approximate surface area is 99.4 Å². The first-order valence-corrected chi connectivity index (χ1v) is 6.65. The lowest BCUT2D eigenvalue weighted by molar-refractivity contribution is 0.0984. The zero-order valence-corrected chi connectivity index (χ0v) is 10.1. The van der Waals surface area contributed by atoms with Gasteiger partial charge in [-0.05, 0) is 43.2 Å². The van der Waals surface area contributed by atoms with Gasteiger partial charge >= 0.3 is 0 Å². The molecule has 1 heterocycles. The lowest BCUT2D eigenvalue weighted by Crippen LogP contribution is -2.21. The first kappa shape index (κ1) is 11.6. The van der Waals surface area contributed by atoms with Crippen molar-refractivity contribution in [2.24, 2.45) is 0 Å². The number of carbonyl (C=O) groups excluding carboxylic acids is 1. The molecule has 1 saturated heterocycles. The van der Waals surface area contributed by atoms with E-state index in [-0.39, 0.29) is 16.9 Å². The number of halogens is 1. The number of ketones is 1. The van der Waals surface area contributed by atoms with Crippen LogP contribution >= 0.6 is 11.8 Å². The summed E-state index contributed by atoms with van der Waals surface area (Å²) in [5.74, 6) is 0.821. The van der Waals surface area contributed by atoms with Crippen molar-refractivity contribution >= 4 is 17.5 Å². The molecule has 0 aromatic heterocycles. The third-order valence-corrected chi connectivity index (χ3v) is 4.31. The van der Waals surface area contributed by atoms with E-state index >= 15 is 0 Å². The molecule has 1 unspecified atom stereocenters. The maximum absolute atomic E-state index is 13.1. The third-order valence-electron chi connectivity index (χ3n) is 2.94. The maximum Gasteiger partial charge on any atom is 0.176 e. The first-order chi connectivity index (χ1) is 7.68. The number of Topliss-reactive ketones (excluding diaryl/α,β-unsaturated/α-hetero) is 1. The van der Waals surface area contributed by atoms with E-state index < -0.39 is 0 Å². The van der Waals surface area contributed by atoms with E-state index in [2.05, 4.69) is 0 Å². The van der Waals surface area contributed by atoms with E-state index in [0.29, 0.717) is 5.56 Å². The molecule has 1 aliphatic rings. The van der Waals surface area contributed by atoms with Gasteiger partial charge in [0.25, 0.3) is 0 Å². The number of thioether (sulfide) groups is 1. The van der Waals surface area contributed by atoms with Gasteiger partial charge in [0.05, 0.1) is 5.25 Å². The maximum atomic E-state index is 13.1. The molecule has 0 saturated carbocycles. The Morgan fingerprint density at radius 1 is 1.44 bits per heavy atom. The third kappa shape index (κ3) is 2.46. The summed E-state index contributed by atoms with van der Waals surface area (Å²) in [5.41, 5.74) is 1.43. The highest BCUT2D eigenvalue weighted by Crippen LogP contribution is 2.28. The van der Waals surface area contributed by atoms with E-state index in [0.717, 1.165) is 24.2 Å². The van der Waals surface area contributed by atoms with Gasteiger partial charge in [0, 0.05) is 5.56 Å². The molecule has 1 aromatic rings. The monoisotopic (exact) mass is 238 g/mol. The molecule has 1 nitrogen and oxygen atoms in total. The van der Waals surface area contributed by atoms with E-state index in [1.807, 2.05) is 6.92 Å². The van der Waals surface area contributed by atoms with Crippen molar-refractivity contribution in [2.45, 2.75) is 31.4 Å². The number of hydrogen-bond donors (Lipinski definition) is 0. The number of aryl methyl sites for hydroxylation is 1. The van der Waals surface area contributed by atoms with Crippen LogP contribution in [0.5, 0.6) is 0 Å². The van der Waals surface area contributed by atoms with Crippen molar-refractivity contribution in [2.75, 3.05) is 5.75 Å². The van der Waals surface area contributed by atoms with Crippen LogP contribution in [-0.4, -0.2) is 16.8 Å². The molecule has 1 aliphatic heterocycles. The van der Waals surface area contributed by atoms with E-state index in [9.17, 15) is 9.18 Å². The van der Waals surface area contributed by atoms with Crippen LogP contribution in [-0.2, 0) is 0 Å². The largest absolute Gasteiger partial charge is 0.293 e. The molecule has 1 aromatic carbocycles. The van der Waals surface area contributed by atoms with Crippen LogP contribution in [0.4, 0.5) is 4.39 Å². The van der Waals surface area contributed by atoms with Crippen LogP contribution in [0.3, 0.4) is 0 Å². The second-order valence-electron chi connectivity index (χ2n) is 4.18.